The summed E-state index contributed by atoms with van der Waals surface area (Å²) in [5.74, 6) is -1.06. The van der Waals surface area contributed by atoms with Gasteiger partial charge in [-0.05, 0) is 35.4 Å². The number of nitrogens with one attached hydrogen (secondary N) is 1. The lowest BCUT2D eigenvalue weighted by Gasteiger charge is -2.25. The lowest BCUT2D eigenvalue weighted by Crippen LogP contribution is -2.41. The third-order valence-corrected chi connectivity index (χ3v) is 6.45. The lowest BCUT2D eigenvalue weighted by molar-refractivity contribution is -0.274. The molecule has 2 aliphatic rings. The molecule has 0 bridgehead atoms. The Morgan fingerprint density at radius 1 is 1.16 bits per heavy atom. The Labute approximate surface area is 208 Å². The zero-order valence-corrected chi connectivity index (χ0v) is 19.7. The smallest absolute Gasteiger partial charge is 0.406 e. The maximum atomic E-state index is 13.2. The first-order valence-electron chi connectivity index (χ1n) is 11.4. The number of hydrogen-bond donors (Lipinski definition) is 1. The van der Waals surface area contributed by atoms with Gasteiger partial charge in [-0.25, -0.2) is 4.98 Å². The molecule has 0 radical (unpaired) electrons. The molecule has 2 aromatic rings. The minimum Gasteiger partial charge on any atom is -0.406 e. The molecule has 1 aliphatic carbocycles. The number of alkyl halides is 6. The van der Waals surface area contributed by atoms with Crippen molar-refractivity contribution in [3.63, 3.8) is 0 Å². The summed E-state index contributed by atoms with van der Waals surface area (Å²) in [6.07, 6.45) is -6.30. The SMILES string of the molecule is Cn1cnc(C(=O)N(Cc2cccc(OC(F)(F)F)c2)CC2C3CN(CC(=O)NCC(F)(F)F)CC32)c1. The third-order valence-electron chi connectivity index (χ3n) is 6.45. The highest BCUT2D eigenvalue weighted by atomic mass is 19.4. The molecule has 1 aliphatic heterocycles. The van der Waals surface area contributed by atoms with Crippen molar-refractivity contribution in [1.82, 2.24) is 24.7 Å². The number of ether oxygens (including phenoxy) is 1. The van der Waals surface area contributed by atoms with Gasteiger partial charge in [-0.1, -0.05) is 12.1 Å². The number of imidazole rings is 1. The summed E-state index contributed by atoms with van der Waals surface area (Å²) in [5.41, 5.74) is 0.638. The summed E-state index contributed by atoms with van der Waals surface area (Å²) in [4.78, 5) is 32.4. The molecule has 8 nitrogen and oxygen atoms in total. The van der Waals surface area contributed by atoms with Crippen LogP contribution in [0.1, 0.15) is 16.1 Å². The summed E-state index contributed by atoms with van der Waals surface area (Å²) in [5, 5.41) is 1.86. The molecule has 202 valence electrons. The van der Waals surface area contributed by atoms with Crippen LogP contribution in [0.25, 0.3) is 0 Å². The van der Waals surface area contributed by atoms with Crippen molar-refractivity contribution in [3.05, 3.63) is 48.0 Å². The molecule has 1 saturated heterocycles. The van der Waals surface area contributed by atoms with Gasteiger partial charge in [-0.2, -0.15) is 13.2 Å². The van der Waals surface area contributed by atoms with E-state index >= 15 is 0 Å². The van der Waals surface area contributed by atoms with Crippen LogP contribution >= 0.6 is 0 Å². The Morgan fingerprint density at radius 2 is 1.86 bits per heavy atom. The summed E-state index contributed by atoms with van der Waals surface area (Å²) < 4.78 is 80.3. The second kappa shape index (κ2) is 10.2. The number of benzene rings is 1. The number of carbonyl (C=O) groups excluding carboxylic acids is 2. The van der Waals surface area contributed by atoms with Crippen molar-refractivity contribution in [2.24, 2.45) is 24.8 Å². The Kier molecular flexibility index (Phi) is 7.40. The van der Waals surface area contributed by atoms with Gasteiger partial charge in [0, 0.05) is 39.4 Å². The van der Waals surface area contributed by atoms with Gasteiger partial charge in [0.25, 0.3) is 5.91 Å². The highest BCUT2D eigenvalue weighted by molar-refractivity contribution is 5.92. The van der Waals surface area contributed by atoms with E-state index in [1.54, 1.807) is 28.8 Å². The molecule has 2 heterocycles. The monoisotopic (exact) mass is 533 g/mol. The molecule has 1 N–H and O–H groups in total. The van der Waals surface area contributed by atoms with Gasteiger partial charge in [0.15, 0.2) is 0 Å². The number of amides is 2. The van der Waals surface area contributed by atoms with E-state index in [4.69, 9.17) is 0 Å². The fourth-order valence-corrected chi connectivity index (χ4v) is 4.81. The first kappa shape index (κ1) is 26.8. The Bertz CT molecular complexity index is 1120. The van der Waals surface area contributed by atoms with Crippen LogP contribution < -0.4 is 10.1 Å². The minimum absolute atomic E-state index is 0.0317. The van der Waals surface area contributed by atoms with Crippen molar-refractivity contribution in [2.45, 2.75) is 19.1 Å². The van der Waals surface area contributed by atoms with Gasteiger partial charge < -0.3 is 19.5 Å². The van der Waals surface area contributed by atoms with Crippen LogP contribution in [0.15, 0.2) is 36.8 Å². The topological polar surface area (TPSA) is 79.7 Å². The second-order valence-electron chi connectivity index (χ2n) is 9.38. The Morgan fingerprint density at radius 3 is 2.46 bits per heavy atom. The summed E-state index contributed by atoms with van der Waals surface area (Å²) in [7, 11) is 1.71. The van der Waals surface area contributed by atoms with E-state index in [1.165, 1.54) is 29.4 Å². The van der Waals surface area contributed by atoms with Gasteiger partial charge in [0.05, 0.1) is 12.9 Å². The molecule has 1 aromatic heterocycles. The van der Waals surface area contributed by atoms with E-state index in [0.29, 0.717) is 25.2 Å². The summed E-state index contributed by atoms with van der Waals surface area (Å²) in [6, 6.07) is 5.40. The van der Waals surface area contributed by atoms with Crippen LogP contribution in [-0.2, 0) is 18.4 Å². The molecule has 2 atom stereocenters. The molecule has 2 unspecified atom stereocenters. The van der Waals surface area contributed by atoms with Crippen LogP contribution in [0.4, 0.5) is 26.3 Å². The van der Waals surface area contributed by atoms with Crippen LogP contribution in [0.2, 0.25) is 0 Å². The van der Waals surface area contributed by atoms with Crippen molar-refractivity contribution >= 4 is 11.8 Å². The molecule has 1 saturated carbocycles. The average Bonchev–Trinajstić information content (AvgIpc) is 3.11. The number of aryl methyl sites for hydroxylation is 1. The largest absolute Gasteiger partial charge is 0.573 e. The van der Waals surface area contributed by atoms with Crippen molar-refractivity contribution in [2.75, 3.05) is 32.7 Å². The van der Waals surface area contributed by atoms with Crippen LogP contribution in [0, 0.1) is 17.8 Å². The number of carbonyl (C=O) groups is 2. The number of hydrogen-bond acceptors (Lipinski definition) is 5. The number of likely N-dealkylation sites (tertiary alicyclic amines) is 1. The van der Waals surface area contributed by atoms with Gasteiger partial charge >= 0.3 is 12.5 Å². The van der Waals surface area contributed by atoms with Crippen LogP contribution in [0.5, 0.6) is 5.75 Å². The third kappa shape index (κ3) is 7.37. The number of aromatic nitrogens is 2. The standard InChI is InChI=1S/C23H25F6N5O3/c1-32-10-19(31-13-32)21(36)34(6-14-3-2-4-15(5-14)37-23(27,28)29)9-18-16-7-33(8-17(16)18)11-20(35)30-12-22(24,25)26/h2-5,10,13,16-18H,6-9,11-12H2,1H3,(H,30,35). The number of rotatable bonds is 9. The fourth-order valence-electron chi connectivity index (χ4n) is 4.81. The van der Waals surface area contributed by atoms with Crippen molar-refractivity contribution in [3.8, 4) is 5.75 Å². The number of nitrogens with zero attached hydrogens (tertiary/aromatic N) is 4. The second-order valence-corrected chi connectivity index (χ2v) is 9.38. The van der Waals surface area contributed by atoms with E-state index < -0.39 is 30.7 Å². The first-order chi connectivity index (χ1) is 17.3. The predicted molar refractivity (Wildman–Crippen MR) is 117 cm³/mol. The minimum atomic E-state index is -4.84. The number of fused-ring (bicyclic) bond motifs is 1. The molecular weight excluding hydrogens is 508 g/mol. The van der Waals surface area contributed by atoms with Crippen LogP contribution in [0.3, 0.4) is 0 Å². The average molecular weight is 533 g/mol. The van der Waals surface area contributed by atoms with E-state index in [9.17, 15) is 35.9 Å². The zero-order valence-electron chi connectivity index (χ0n) is 19.7. The van der Waals surface area contributed by atoms with Crippen molar-refractivity contribution in [1.29, 1.82) is 0 Å². The highest BCUT2D eigenvalue weighted by Crippen LogP contribution is 2.52. The summed E-state index contributed by atoms with van der Waals surface area (Å²) >= 11 is 0. The molecule has 2 fully saturated rings. The Balaban J connectivity index is 1.38. The molecule has 2 amide bonds. The van der Waals surface area contributed by atoms with E-state index in [1.807, 2.05) is 5.32 Å². The molecular formula is C23H25F6N5O3. The molecule has 37 heavy (non-hydrogen) atoms. The van der Waals surface area contributed by atoms with Gasteiger partial charge in [0.2, 0.25) is 5.91 Å². The maximum Gasteiger partial charge on any atom is 0.573 e. The molecule has 14 heteroatoms. The number of piperidine rings is 1. The highest BCUT2D eigenvalue weighted by Gasteiger charge is 2.56. The Hall–Kier alpha value is -3.29. The maximum absolute atomic E-state index is 13.2. The van der Waals surface area contributed by atoms with E-state index in [0.717, 1.165) is 0 Å². The van der Waals surface area contributed by atoms with Crippen molar-refractivity contribution < 1.29 is 40.7 Å². The lowest BCUT2D eigenvalue weighted by atomic mass is 10.1. The van der Waals surface area contributed by atoms with Crippen LogP contribution in [-0.4, -0.2) is 76.4 Å². The molecule has 1 aromatic carbocycles. The summed E-state index contributed by atoms with van der Waals surface area (Å²) in [6.45, 7) is -0.148. The zero-order chi connectivity index (χ0) is 27.0. The van der Waals surface area contributed by atoms with Gasteiger partial charge in [-0.3, -0.25) is 14.5 Å². The number of halogens is 6. The predicted octanol–water partition coefficient (Wildman–Crippen LogP) is 2.82. The molecule has 0 spiro atoms. The quantitative estimate of drug-likeness (QED) is 0.502. The molecule has 4 rings (SSSR count). The van der Waals surface area contributed by atoms with Gasteiger partial charge in [-0.15, -0.1) is 13.2 Å². The van der Waals surface area contributed by atoms with E-state index in [-0.39, 0.29) is 42.4 Å². The van der Waals surface area contributed by atoms with E-state index in [2.05, 4.69) is 9.72 Å². The fraction of sp³-hybridized carbons (Fsp3) is 0.522. The first-order valence-corrected chi connectivity index (χ1v) is 11.4. The van der Waals surface area contributed by atoms with Gasteiger partial charge in [0.1, 0.15) is 18.0 Å². The normalized spacial score (nSPS) is 21.4.